The second-order valence-electron chi connectivity index (χ2n) is 8.42. The van der Waals surface area contributed by atoms with Crippen molar-refractivity contribution in [3.63, 3.8) is 0 Å². The molecule has 1 saturated heterocycles. The van der Waals surface area contributed by atoms with Crippen molar-refractivity contribution < 1.29 is 19.6 Å². The minimum atomic E-state index is -1.31. The van der Waals surface area contributed by atoms with E-state index >= 15 is 0 Å². The summed E-state index contributed by atoms with van der Waals surface area (Å²) >= 11 is 0. The maximum absolute atomic E-state index is 13.8. The monoisotopic (exact) mass is 425 g/mol. The lowest BCUT2D eigenvalue weighted by Gasteiger charge is -2.51. The average molecular weight is 425 g/mol. The van der Waals surface area contributed by atoms with Crippen molar-refractivity contribution >= 4 is 29.5 Å². The number of amides is 2. The summed E-state index contributed by atoms with van der Waals surface area (Å²) in [6.07, 6.45) is 0.796. The third-order valence-corrected chi connectivity index (χ3v) is 7.20. The van der Waals surface area contributed by atoms with Crippen molar-refractivity contribution in [2.24, 2.45) is 11.8 Å². The number of nitrogens with zero attached hydrogens (tertiary/aromatic N) is 2. The van der Waals surface area contributed by atoms with Crippen LogP contribution in [0.3, 0.4) is 0 Å². The molecule has 0 unspecified atom stereocenters. The molecule has 2 bridgehead atoms. The van der Waals surface area contributed by atoms with E-state index in [0.29, 0.717) is 0 Å². The van der Waals surface area contributed by atoms with Crippen LogP contribution in [0.25, 0.3) is 0 Å². The van der Waals surface area contributed by atoms with Gasteiger partial charge in [-0.25, -0.2) is 4.90 Å². The van der Waals surface area contributed by atoms with Crippen molar-refractivity contribution in [2.45, 2.75) is 11.3 Å². The predicted octanol–water partition coefficient (Wildman–Crippen LogP) is 3.13. The van der Waals surface area contributed by atoms with E-state index in [9.17, 15) is 24.8 Å². The van der Waals surface area contributed by atoms with Gasteiger partial charge in [0, 0.05) is 5.92 Å². The molecule has 2 atom stereocenters. The molecule has 0 radical (unpaired) electrons. The molecule has 3 aliphatic carbocycles. The highest BCUT2D eigenvalue weighted by Crippen LogP contribution is 2.63. The molecule has 1 heterocycles. The third kappa shape index (κ3) is 2.04. The topological polar surface area (TPSA) is 101 Å². The lowest BCUT2D eigenvalue weighted by Crippen LogP contribution is -2.54. The summed E-state index contributed by atoms with van der Waals surface area (Å²) < 4.78 is 0. The van der Waals surface area contributed by atoms with Gasteiger partial charge in [-0.05, 0) is 34.4 Å². The first-order valence-electron chi connectivity index (χ1n) is 10.3. The van der Waals surface area contributed by atoms with Crippen molar-refractivity contribution in [2.75, 3.05) is 10.1 Å². The molecule has 7 nitrogen and oxygen atoms in total. The predicted molar refractivity (Wildman–Crippen MR) is 115 cm³/mol. The lowest BCUT2D eigenvalue weighted by atomic mass is 9.48. The SMILES string of the molecule is O=CC12c3ccccc3C(c3ccccc31)[C@H]1C(=O)N(c3ccccc3N([O-])O)C(=O)[C@@H]12. The zero-order valence-electron chi connectivity index (χ0n) is 16.7. The quantitative estimate of drug-likeness (QED) is 0.393. The van der Waals surface area contributed by atoms with Gasteiger partial charge >= 0.3 is 0 Å². The number of carbonyl (C=O) groups excluding carboxylic acids is 3. The Morgan fingerprint density at radius 1 is 0.875 bits per heavy atom. The number of imide groups is 1. The highest BCUT2D eigenvalue weighted by atomic mass is 16.8. The van der Waals surface area contributed by atoms with Gasteiger partial charge in [0.05, 0.1) is 28.6 Å². The van der Waals surface area contributed by atoms with Crippen LogP contribution in [0.5, 0.6) is 0 Å². The highest BCUT2D eigenvalue weighted by Gasteiger charge is 2.68. The molecule has 1 N–H and O–H groups in total. The Morgan fingerprint density at radius 3 is 2.03 bits per heavy atom. The zero-order chi connectivity index (χ0) is 22.2. The van der Waals surface area contributed by atoms with Crippen LogP contribution >= 0.6 is 0 Å². The molecular formula is C25H17N2O5-. The van der Waals surface area contributed by atoms with E-state index in [1.54, 1.807) is 6.07 Å². The number of carbonyl (C=O) groups is 3. The smallest absolute Gasteiger partial charge is 0.239 e. The van der Waals surface area contributed by atoms with Crippen molar-refractivity contribution in [3.8, 4) is 0 Å². The summed E-state index contributed by atoms with van der Waals surface area (Å²) in [5.74, 6) is -3.14. The molecule has 1 fully saturated rings. The Morgan fingerprint density at radius 2 is 1.44 bits per heavy atom. The average Bonchev–Trinajstić information content (AvgIpc) is 3.09. The van der Waals surface area contributed by atoms with Gasteiger partial charge in [-0.3, -0.25) is 14.8 Å². The first kappa shape index (κ1) is 18.9. The fraction of sp³-hybridized carbons (Fsp3) is 0.160. The minimum absolute atomic E-state index is 0.00274. The Hall–Kier alpha value is -3.81. The number of benzene rings is 3. The molecule has 1 aliphatic heterocycles. The summed E-state index contributed by atoms with van der Waals surface area (Å²) in [6.45, 7) is 0. The molecule has 0 spiro atoms. The van der Waals surface area contributed by atoms with Gasteiger partial charge in [0.2, 0.25) is 11.8 Å². The Labute approximate surface area is 183 Å². The largest absolute Gasteiger partial charge is 0.733 e. The van der Waals surface area contributed by atoms with Crippen LogP contribution in [0.4, 0.5) is 11.4 Å². The van der Waals surface area contributed by atoms with Gasteiger partial charge in [0.15, 0.2) is 0 Å². The van der Waals surface area contributed by atoms with Gasteiger partial charge in [0.1, 0.15) is 6.29 Å². The summed E-state index contributed by atoms with van der Waals surface area (Å²) in [6, 6.07) is 20.8. The maximum atomic E-state index is 13.8. The third-order valence-electron chi connectivity index (χ3n) is 7.20. The second kappa shape index (κ2) is 6.35. The highest BCUT2D eigenvalue weighted by molar-refractivity contribution is 6.26. The molecular weight excluding hydrogens is 408 g/mol. The first-order valence-corrected chi connectivity index (χ1v) is 10.3. The molecule has 3 aromatic rings. The summed E-state index contributed by atoms with van der Waals surface area (Å²) in [7, 11) is 0. The summed E-state index contributed by atoms with van der Waals surface area (Å²) in [4.78, 5) is 41.5. The van der Waals surface area contributed by atoms with Crippen molar-refractivity contribution in [3.05, 3.63) is 100 Å². The summed E-state index contributed by atoms with van der Waals surface area (Å²) in [5.41, 5.74) is 1.69. The molecule has 2 amide bonds. The van der Waals surface area contributed by atoms with E-state index in [2.05, 4.69) is 0 Å². The Kier molecular flexibility index (Phi) is 3.75. The number of hydrogen-bond donors (Lipinski definition) is 1. The van der Waals surface area contributed by atoms with Gasteiger partial charge in [-0.1, -0.05) is 60.7 Å². The molecule has 0 aromatic heterocycles. The van der Waals surface area contributed by atoms with Gasteiger partial charge in [-0.2, -0.15) is 0 Å². The molecule has 3 aromatic carbocycles. The fourth-order valence-electron chi connectivity index (χ4n) is 6.08. The number of hydrogen-bond acceptors (Lipinski definition) is 6. The molecule has 4 aliphatic rings. The van der Waals surface area contributed by atoms with Gasteiger partial charge in [-0.15, -0.1) is 0 Å². The first-order chi connectivity index (χ1) is 15.5. The second-order valence-corrected chi connectivity index (χ2v) is 8.42. The van der Waals surface area contributed by atoms with Crippen LogP contribution < -0.4 is 10.1 Å². The number of aldehydes is 1. The van der Waals surface area contributed by atoms with Gasteiger partial charge in [0.25, 0.3) is 0 Å². The number of para-hydroxylation sites is 2. The van der Waals surface area contributed by atoms with Crippen LogP contribution in [0, 0.1) is 17.0 Å². The molecule has 0 saturated carbocycles. The summed E-state index contributed by atoms with van der Waals surface area (Å²) in [5, 5.41) is 20.9. The van der Waals surface area contributed by atoms with Crippen LogP contribution in [-0.2, 0) is 19.8 Å². The van der Waals surface area contributed by atoms with E-state index in [-0.39, 0.29) is 22.5 Å². The van der Waals surface area contributed by atoms with E-state index < -0.39 is 29.1 Å². The Bertz CT molecular complexity index is 1270. The van der Waals surface area contributed by atoms with Crippen LogP contribution in [0.2, 0.25) is 0 Å². The lowest BCUT2D eigenvalue weighted by molar-refractivity contribution is -0.128. The Balaban J connectivity index is 1.64. The molecule has 7 rings (SSSR count). The van der Waals surface area contributed by atoms with E-state index in [0.717, 1.165) is 33.4 Å². The molecule has 158 valence electrons. The van der Waals surface area contributed by atoms with Crippen molar-refractivity contribution in [1.82, 2.24) is 0 Å². The standard InChI is InChI=1S/C25H17N2O5/c28-13-25-16-9-3-1-7-14(16)20(15-8-2-4-10-17(15)25)21-22(25)24(30)26(23(21)29)18-11-5-6-12-19(18)27(31)32/h1-13,20-22,31H/q-1/t20?,21-,22-,25?/m1/s1. The van der Waals surface area contributed by atoms with E-state index in [4.69, 9.17) is 0 Å². The van der Waals surface area contributed by atoms with E-state index in [1.807, 2.05) is 48.5 Å². The number of rotatable bonds is 3. The minimum Gasteiger partial charge on any atom is -0.733 e. The number of anilines is 2. The maximum Gasteiger partial charge on any atom is 0.239 e. The molecule has 32 heavy (non-hydrogen) atoms. The zero-order valence-corrected chi connectivity index (χ0v) is 16.7. The fourth-order valence-corrected chi connectivity index (χ4v) is 6.08. The van der Waals surface area contributed by atoms with Crippen LogP contribution in [0.1, 0.15) is 28.2 Å². The van der Waals surface area contributed by atoms with Crippen LogP contribution in [0.15, 0.2) is 72.8 Å². The van der Waals surface area contributed by atoms with Crippen molar-refractivity contribution in [1.29, 1.82) is 0 Å². The van der Waals surface area contributed by atoms with E-state index in [1.165, 1.54) is 18.2 Å². The van der Waals surface area contributed by atoms with Crippen LogP contribution in [-0.4, -0.2) is 23.3 Å². The van der Waals surface area contributed by atoms with Gasteiger partial charge < -0.3 is 15.2 Å². The molecule has 7 heteroatoms. The normalized spacial score (nSPS) is 27.1.